The average Bonchev–Trinajstić information content (AvgIpc) is 2.48. The third-order valence-electron chi connectivity index (χ3n) is 3.32. The Labute approximate surface area is 114 Å². The van der Waals surface area contributed by atoms with Gasteiger partial charge in [0.2, 0.25) is 5.91 Å². The molecule has 1 aromatic rings. The van der Waals surface area contributed by atoms with Crippen molar-refractivity contribution in [2.24, 2.45) is 0 Å². The zero-order chi connectivity index (χ0) is 13.5. The van der Waals surface area contributed by atoms with Crippen LogP contribution in [0.4, 0.5) is 5.69 Å². The Kier molecular flexibility index (Phi) is 4.98. The fourth-order valence-corrected chi connectivity index (χ4v) is 2.25. The molecule has 1 aromatic carbocycles. The third-order valence-corrected chi connectivity index (χ3v) is 3.32. The molecule has 0 bridgehead atoms. The lowest BCUT2D eigenvalue weighted by Gasteiger charge is -2.36. The molecule has 0 radical (unpaired) electrons. The lowest BCUT2D eigenvalue weighted by Crippen LogP contribution is -2.50. The number of rotatable bonds is 5. The quantitative estimate of drug-likeness (QED) is 0.635. The van der Waals surface area contributed by atoms with Crippen LogP contribution in [0, 0.1) is 0 Å². The second-order valence-corrected chi connectivity index (χ2v) is 4.62. The molecule has 1 saturated heterocycles. The van der Waals surface area contributed by atoms with Gasteiger partial charge in [0.15, 0.2) is 0 Å². The largest absolute Gasteiger partial charge is 0.368 e. The molecule has 0 aromatic heterocycles. The molecule has 1 aliphatic rings. The normalized spacial score (nSPS) is 15.4. The molecule has 102 valence electrons. The van der Waals surface area contributed by atoms with Gasteiger partial charge in [-0.1, -0.05) is 24.3 Å². The highest BCUT2D eigenvalue weighted by atomic mass is 16.2. The van der Waals surface area contributed by atoms with Crippen molar-refractivity contribution in [3.8, 4) is 0 Å². The maximum absolute atomic E-state index is 11.9. The standard InChI is InChI=1S/C15H21N3O/c1-2-8-16-13-15(19)18-11-9-17(10-12-18)14-6-4-3-5-7-14/h2-7,16H,1,8-13H2. The number of hydrogen-bond acceptors (Lipinski definition) is 3. The highest BCUT2D eigenvalue weighted by molar-refractivity contribution is 5.78. The predicted octanol–water partition coefficient (Wildman–Crippen LogP) is 1.11. The van der Waals surface area contributed by atoms with E-state index in [0.29, 0.717) is 13.1 Å². The topological polar surface area (TPSA) is 35.6 Å². The van der Waals surface area contributed by atoms with Crippen LogP contribution >= 0.6 is 0 Å². The average molecular weight is 259 g/mol. The van der Waals surface area contributed by atoms with Gasteiger partial charge in [-0.2, -0.15) is 0 Å². The second kappa shape index (κ2) is 6.95. The molecule has 1 N–H and O–H groups in total. The van der Waals surface area contributed by atoms with Gasteiger partial charge in [0.25, 0.3) is 0 Å². The van der Waals surface area contributed by atoms with E-state index < -0.39 is 0 Å². The maximum atomic E-state index is 11.9. The van der Waals surface area contributed by atoms with E-state index in [1.165, 1.54) is 5.69 Å². The molecule has 0 unspecified atom stereocenters. The van der Waals surface area contributed by atoms with Gasteiger partial charge in [-0.25, -0.2) is 0 Å². The van der Waals surface area contributed by atoms with E-state index in [-0.39, 0.29) is 5.91 Å². The van der Waals surface area contributed by atoms with Crippen LogP contribution in [0.2, 0.25) is 0 Å². The van der Waals surface area contributed by atoms with Gasteiger partial charge in [-0.3, -0.25) is 4.79 Å². The summed E-state index contributed by atoms with van der Waals surface area (Å²) in [5.41, 5.74) is 1.24. The molecule has 4 heteroatoms. The Morgan fingerprint density at radius 1 is 1.21 bits per heavy atom. The number of benzene rings is 1. The molecular weight excluding hydrogens is 238 g/mol. The second-order valence-electron chi connectivity index (χ2n) is 4.62. The van der Waals surface area contributed by atoms with Crippen LogP contribution in [0.25, 0.3) is 0 Å². The molecule has 1 fully saturated rings. The Bertz CT molecular complexity index is 411. The van der Waals surface area contributed by atoms with Crippen molar-refractivity contribution in [1.29, 1.82) is 0 Å². The summed E-state index contributed by atoms with van der Waals surface area (Å²) in [6.07, 6.45) is 1.76. The highest BCUT2D eigenvalue weighted by Crippen LogP contribution is 2.15. The van der Waals surface area contributed by atoms with Gasteiger partial charge in [0.05, 0.1) is 6.54 Å². The van der Waals surface area contributed by atoms with Crippen LogP contribution in [-0.4, -0.2) is 50.1 Å². The number of nitrogens with one attached hydrogen (secondary N) is 1. The van der Waals surface area contributed by atoms with Crippen molar-refractivity contribution < 1.29 is 4.79 Å². The lowest BCUT2D eigenvalue weighted by atomic mass is 10.2. The summed E-state index contributed by atoms with van der Waals surface area (Å²) in [4.78, 5) is 16.2. The predicted molar refractivity (Wildman–Crippen MR) is 78.3 cm³/mol. The fourth-order valence-electron chi connectivity index (χ4n) is 2.25. The molecule has 2 rings (SSSR count). The Hall–Kier alpha value is -1.81. The van der Waals surface area contributed by atoms with Gasteiger partial charge in [0.1, 0.15) is 0 Å². The van der Waals surface area contributed by atoms with Crippen molar-refractivity contribution in [2.45, 2.75) is 0 Å². The first-order chi connectivity index (χ1) is 9.31. The monoisotopic (exact) mass is 259 g/mol. The van der Waals surface area contributed by atoms with Gasteiger partial charge < -0.3 is 15.1 Å². The Morgan fingerprint density at radius 2 is 1.89 bits per heavy atom. The van der Waals surface area contributed by atoms with E-state index in [1.54, 1.807) is 6.08 Å². The Balaban J connectivity index is 1.79. The number of nitrogens with zero attached hydrogens (tertiary/aromatic N) is 2. The summed E-state index contributed by atoms with van der Waals surface area (Å²) in [6.45, 7) is 8.09. The molecule has 1 amide bonds. The highest BCUT2D eigenvalue weighted by Gasteiger charge is 2.20. The molecule has 1 heterocycles. The van der Waals surface area contributed by atoms with Crippen molar-refractivity contribution in [3.63, 3.8) is 0 Å². The van der Waals surface area contributed by atoms with E-state index >= 15 is 0 Å². The number of piperazine rings is 1. The van der Waals surface area contributed by atoms with Crippen molar-refractivity contribution >= 4 is 11.6 Å². The molecule has 0 saturated carbocycles. The first-order valence-corrected chi connectivity index (χ1v) is 6.70. The zero-order valence-corrected chi connectivity index (χ0v) is 11.2. The minimum absolute atomic E-state index is 0.176. The number of hydrogen-bond donors (Lipinski definition) is 1. The zero-order valence-electron chi connectivity index (χ0n) is 11.2. The summed E-state index contributed by atoms with van der Waals surface area (Å²) < 4.78 is 0. The smallest absolute Gasteiger partial charge is 0.236 e. The van der Waals surface area contributed by atoms with Gasteiger partial charge in [-0.05, 0) is 12.1 Å². The van der Waals surface area contributed by atoms with Crippen molar-refractivity contribution in [2.75, 3.05) is 44.2 Å². The summed E-state index contributed by atoms with van der Waals surface area (Å²) in [5, 5.41) is 3.05. The van der Waals surface area contributed by atoms with Crippen LogP contribution in [-0.2, 0) is 4.79 Å². The molecule has 0 spiro atoms. The number of amides is 1. The third kappa shape index (κ3) is 3.83. The summed E-state index contributed by atoms with van der Waals surface area (Å²) in [7, 11) is 0. The molecule has 1 aliphatic heterocycles. The van der Waals surface area contributed by atoms with Crippen LogP contribution in [0.15, 0.2) is 43.0 Å². The Morgan fingerprint density at radius 3 is 2.53 bits per heavy atom. The van der Waals surface area contributed by atoms with Crippen LogP contribution < -0.4 is 10.2 Å². The number of anilines is 1. The number of carbonyl (C=O) groups is 1. The first kappa shape index (κ1) is 13.6. The lowest BCUT2D eigenvalue weighted by molar-refractivity contribution is -0.130. The van der Waals surface area contributed by atoms with Gasteiger partial charge in [0, 0.05) is 38.4 Å². The van der Waals surface area contributed by atoms with Crippen LogP contribution in [0.1, 0.15) is 0 Å². The fraction of sp³-hybridized carbons (Fsp3) is 0.400. The number of carbonyl (C=O) groups excluding carboxylic acids is 1. The van der Waals surface area contributed by atoms with Crippen LogP contribution in [0.3, 0.4) is 0 Å². The number of para-hydroxylation sites is 1. The van der Waals surface area contributed by atoms with E-state index in [0.717, 1.165) is 26.2 Å². The SMILES string of the molecule is C=CCNCC(=O)N1CCN(c2ccccc2)CC1. The minimum Gasteiger partial charge on any atom is -0.368 e. The van der Waals surface area contributed by atoms with E-state index in [4.69, 9.17) is 0 Å². The van der Waals surface area contributed by atoms with Crippen molar-refractivity contribution in [3.05, 3.63) is 43.0 Å². The van der Waals surface area contributed by atoms with Gasteiger partial charge in [-0.15, -0.1) is 6.58 Å². The first-order valence-electron chi connectivity index (χ1n) is 6.70. The molecular formula is C15H21N3O. The molecule has 19 heavy (non-hydrogen) atoms. The van der Waals surface area contributed by atoms with Crippen molar-refractivity contribution in [1.82, 2.24) is 10.2 Å². The minimum atomic E-state index is 0.176. The van der Waals surface area contributed by atoms with E-state index in [2.05, 4.69) is 28.9 Å². The molecule has 0 aliphatic carbocycles. The van der Waals surface area contributed by atoms with E-state index in [9.17, 15) is 4.79 Å². The summed E-state index contributed by atoms with van der Waals surface area (Å²) >= 11 is 0. The molecule has 0 atom stereocenters. The van der Waals surface area contributed by atoms with E-state index in [1.807, 2.05) is 23.1 Å². The van der Waals surface area contributed by atoms with Crippen LogP contribution in [0.5, 0.6) is 0 Å². The summed E-state index contributed by atoms with van der Waals surface area (Å²) in [5.74, 6) is 0.176. The molecule has 4 nitrogen and oxygen atoms in total. The summed E-state index contributed by atoms with van der Waals surface area (Å²) in [6, 6.07) is 10.3. The van der Waals surface area contributed by atoms with Gasteiger partial charge >= 0.3 is 0 Å². The maximum Gasteiger partial charge on any atom is 0.236 e.